The number of amides is 1. The third-order valence-corrected chi connectivity index (χ3v) is 4.45. The van der Waals surface area contributed by atoms with Crippen LogP contribution in [0.4, 0.5) is 0 Å². The van der Waals surface area contributed by atoms with Gasteiger partial charge in [-0.15, -0.1) is 0 Å². The number of hydrogen-bond acceptors (Lipinski definition) is 2. The van der Waals surface area contributed by atoms with E-state index in [9.17, 15) is 14.7 Å². The average Bonchev–Trinajstić information content (AvgIpc) is 2.46. The number of carboxylic acid groups (broad SMARTS) is 1. The highest BCUT2D eigenvalue weighted by Crippen LogP contribution is 2.30. The van der Waals surface area contributed by atoms with Crippen molar-refractivity contribution < 1.29 is 14.7 Å². The fourth-order valence-corrected chi connectivity index (χ4v) is 3.29. The molecule has 1 saturated heterocycles. The van der Waals surface area contributed by atoms with Crippen LogP contribution in [0, 0.1) is 11.8 Å². The molecule has 0 spiro atoms. The lowest BCUT2D eigenvalue weighted by molar-refractivity contribution is -0.152. The minimum Gasteiger partial charge on any atom is -0.481 e. The predicted molar refractivity (Wildman–Crippen MR) is 72.6 cm³/mol. The van der Waals surface area contributed by atoms with Gasteiger partial charge in [-0.2, -0.15) is 0 Å². The van der Waals surface area contributed by atoms with Crippen LogP contribution in [0.25, 0.3) is 0 Å². The smallest absolute Gasteiger partial charge is 0.307 e. The topological polar surface area (TPSA) is 57.6 Å². The minimum absolute atomic E-state index is 0.0586. The molecule has 4 nitrogen and oxygen atoms in total. The van der Waals surface area contributed by atoms with E-state index in [1.807, 2.05) is 17.1 Å². The zero-order chi connectivity index (χ0) is 13.8. The third kappa shape index (κ3) is 2.99. The number of nitrogens with zero attached hydrogens (tertiary/aromatic N) is 1. The molecule has 0 aromatic rings. The number of carbonyl (C=O) groups is 2. The molecule has 0 radical (unpaired) electrons. The fourth-order valence-electron chi connectivity index (χ4n) is 3.29. The highest BCUT2D eigenvalue weighted by Gasteiger charge is 2.38. The van der Waals surface area contributed by atoms with Gasteiger partial charge in [0, 0.05) is 12.6 Å². The Labute approximate surface area is 114 Å². The van der Waals surface area contributed by atoms with Crippen LogP contribution >= 0.6 is 0 Å². The van der Waals surface area contributed by atoms with E-state index in [2.05, 4.69) is 6.92 Å². The van der Waals surface area contributed by atoms with Crippen LogP contribution in [-0.2, 0) is 9.59 Å². The average molecular weight is 265 g/mol. The van der Waals surface area contributed by atoms with E-state index in [4.69, 9.17) is 0 Å². The van der Waals surface area contributed by atoms with E-state index >= 15 is 0 Å². The van der Waals surface area contributed by atoms with E-state index in [0.717, 1.165) is 25.8 Å². The second kappa shape index (κ2) is 6.22. The number of rotatable bonds is 3. The van der Waals surface area contributed by atoms with Crippen LogP contribution in [-0.4, -0.2) is 34.5 Å². The van der Waals surface area contributed by atoms with Crippen LogP contribution in [0.3, 0.4) is 0 Å². The number of piperidine rings is 1. The van der Waals surface area contributed by atoms with Gasteiger partial charge in [0.15, 0.2) is 0 Å². The van der Waals surface area contributed by atoms with Gasteiger partial charge in [0.2, 0.25) is 5.91 Å². The molecule has 106 valence electrons. The van der Waals surface area contributed by atoms with Gasteiger partial charge < -0.3 is 10.0 Å². The normalized spacial score (nSPS) is 31.2. The molecule has 1 amide bonds. The number of allylic oxidation sites excluding steroid dienone is 2. The molecule has 19 heavy (non-hydrogen) atoms. The number of carbonyl (C=O) groups excluding carboxylic acids is 1. The van der Waals surface area contributed by atoms with Crippen LogP contribution in [0.15, 0.2) is 12.2 Å². The number of hydrogen-bond donors (Lipinski definition) is 1. The summed E-state index contributed by atoms with van der Waals surface area (Å²) in [6.45, 7) is 2.90. The van der Waals surface area contributed by atoms with E-state index in [-0.39, 0.29) is 11.8 Å². The zero-order valence-corrected chi connectivity index (χ0v) is 11.5. The molecule has 0 aromatic carbocycles. The van der Waals surface area contributed by atoms with Gasteiger partial charge in [0.1, 0.15) is 0 Å². The summed E-state index contributed by atoms with van der Waals surface area (Å²) in [5.74, 6) is -1.69. The lowest BCUT2D eigenvalue weighted by Gasteiger charge is -2.39. The van der Waals surface area contributed by atoms with Crippen molar-refractivity contribution in [2.75, 3.05) is 6.54 Å². The van der Waals surface area contributed by atoms with Gasteiger partial charge in [-0.25, -0.2) is 0 Å². The van der Waals surface area contributed by atoms with E-state index in [1.165, 1.54) is 6.42 Å². The van der Waals surface area contributed by atoms with Crippen molar-refractivity contribution in [3.63, 3.8) is 0 Å². The molecule has 2 rings (SSSR count). The molecule has 1 heterocycles. The maximum Gasteiger partial charge on any atom is 0.307 e. The SMILES string of the molecule is CC[C@@H]1CCCCN1C(=O)[C@@H]1CC=CC[C@H]1C(=O)O. The predicted octanol–water partition coefficient (Wildman–Crippen LogP) is 2.44. The molecule has 1 aliphatic carbocycles. The summed E-state index contributed by atoms with van der Waals surface area (Å²) in [6, 6.07) is 0.307. The summed E-state index contributed by atoms with van der Waals surface area (Å²) >= 11 is 0. The van der Waals surface area contributed by atoms with E-state index in [0.29, 0.717) is 18.9 Å². The second-order valence-corrected chi connectivity index (χ2v) is 5.58. The first-order valence-electron chi connectivity index (χ1n) is 7.33. The Balaban J connectivity index is 2.12. The summed E-state index contributed by atoms with van der Waals surface area (Å²) in [5, 5.41) is 9.27. The highest BCUT2D eigenvalue weighted by molar-refractivity contribution is 5.85. The minimum atomic E-state index is -0.840. The molecule has 2 aliphatic rings. The summed E-state index contributed by atoms with van der Waals surface area (Å²) in [5.41, 5.74) is 0. The quantitative estimate of drug-likeness (QED) is 0.797. The van der Waals surface area contributed by atoms with Crippen LogP contribution in [0.1, 0.15) is 45.4 Å². The first-order chi connectivity index (χ1) is 9.15. The maximum atomic E-state index is 12.7. The molecule has 0 unspecified atom stereocenters. The Hall–Kier alpha value is -1.32. The number of aliphatic carboxylic acids is 1. The summed E-state index contributed by atoms with van der Waals surface area (Å²) in [7, 11) is 0. The van der Waals surface area contributed by atoms with Crippen molar-refractivity contribution in [2.24, 2.45) is 11.8 Å². The summed E-state index contributed by atoms with van der Waals surface area (Å²) < 4.78 is 0. The fraction of sp³-hybridized carbons (Fsp3) is 0.733. The zero-order valence-electron chi connectivity index (χ0n) is 11.5. The monoisotopic (exact) mass is 265 g/mol. The number of likely N-dealkylation sites (tertiary alicyclic amines) is 1. The molecule has 3 atom stereocenters. The lowest BCUT2D eigenvalue weighted by Crippen LogP contribution is -2.48. The molecule has 4 heteroatoms. The number of carboxylic acids is 1. The molecule has 0 aromatic heterocycles. The van der Waals surface area contributed by atoms with Crippen molar-refractivity contribution >= 4 is 11.9 Å². The van der Waals surface area contributed by atoms with E-state index < -0.39 is 11.9 Å². The largest absolute Gasteiger partial charge is 0.481 e. The van der Waals surface area contributed by atoms with Gasteiger partial charge in [0.05, 0.1) is 11.8 Å². The second-order valence-electron chi connectivity index (χ2n) is 5.58. The van der Waals surface area contributed by atoms with E-state index in [1.54, 1.807) is 0 Å². The molecule has 1 aliphatic heterocycles. The summed E-state index contributed by atoms with van der Waals surface area (Å²) in [6.07, 6.45) is 9.13. The van der Waals surface area contributed by atoms with Gasteiger partial charge in [-0.3, -0.25) is 9.59 Å². The molecular formula is C15H23NO3. The van der Waals surface area contributed by atoms with Crippen LogP contribution in [0.2, 0.25) is 0 Å². The summed E-state index contributed by atoms with van der Waals surface area (Å²) in [4.78, 5) is 25.9. The first kappa shape index (κ1) is 14.1. The van der Waals surface area contributed by atoms with Gasteiger partial charge in [-0.05, 0) is 38.5 Å². The standard InChI is InChI=1S/C15H23NO3/c1-2-11-7-5-6-10-16(11)14(17)12-8-3-4-9-13(12)15(18)19/h3-4,11-13H,2,5-10H2,1H3,(H,18,19)/t11-,12-,13-/m1/s1. The molecule has 1 N–H and O–H groups in total. The van der Waals surface area contributed by atoms with Crippen LogP contribution in [0.5, 0.6) is 0 Å². The van der Waals surface area contributed by atoms with Gasteiger partial charge in [0.25, 0.3) is 0 Å². The van der Waals surface area contributed by atoms with Crippen molar-refractivity contribution in [1.29, 1.82) is 0 Å². The molecular weight excluding hydrogens is 242 g/mol. The van der Waals surface area contributed by atoms with Crippen LogP contribution < -0.4 is 0 Å². The Morgan fingerprint density at radius 2 is 1.89 bits per heavy atom. The van der Waals surface area contributed by atoms with Crippen molar-refractivity contribution in [2.45, 2.75) is 51.5 Å². The van der Waals surface area contributed by atoms with Crippen molar-refractivity contribution in [1.82, 2.24) is 4.90 Å². The van der Waals surface area contributed by atoms with Crippen molar-refractivity contribution in [3.05, 3.63) is 12.2 Å². The third-order valence-electron chi connectivity index (χ3n) is 4.45. The molecule has 0 bridgehead atoms. The first-order valence-corrected chi connectivity index (χ1v) is 7.33. The Morgan fingerprint density at radius 1 is 1.21 bits per heavy atom. The molecule has 1 fully saturated rings. The van der Waals surface area contributed by atoms with Gasteiger partial charge >= 0.3 is 5.97 Å². The Morgan fingerprint density at radius 3 is 2.53 bits per heavy atom. The van der Waals surface area contributed by atoms with Crippen molar-refractivity contribution in [3.8, 4) is 0 Å². The highest BCUT2D eigenvalue weighted by atomic mass is 16.4. The Bertz CT molecular complexity index is 378. The maximum absolute atomic E-state index is 12.7. The lowest BCUT2D eigenvalue weighted by atomic mass is 9.81. The molecule has 0 saturated carbocycles. The Kier molecular flexibility index (Phi) is 4.61. The van der Waals surface area contributed by atoms with Gasteiger partial charge in [-0.1, -0.05) is 19.1 Å².